The summed E-state index contributed by atoms with van der Waals surface area (Å²) in [6.07, 6.45) is 14.3. The Kier molecular flexibility index (Phi) is 11.0. The first-order chi connectivity index (χ1) is 18.2. The lowest BCUT2D eigenvalue weighted by molar-refractivity contribution is 0.173. The molecule has 5 rings (SSSR count). The van der Waals surface area contributed by atoms with E-state index in [1.54, 1.807) is 0 Å². The van der Waals surface area contributed by atoms with E-state index in [1.807, 2.05) is 12.4 Å². The molecule has 2 aliphatic carbocycles. The number of likely N-dealkylation sites (tertiary alicyclic amines) is 1. The number of aryl methyl sites for hydroxylation is 1. The van der Waals surface area contributed by atoms with E-state index in [9.17, 15) is 0 Å². The van der Waals surface area contributed by atoms with Gasteiger partial charge in [0.25, 0.3) is 0 Å². The van der Waals surface area contributed by atoms with Crippen molar-refractivity contribution in [3.63, 3.8) is 0 Å². The van der Waals surface area contributed by atoms with Crippen molar-refractivity contribution in [2.24, 2.45) is 11.8 Å². The summed E-state index contributed by atoms with van der Waals surface area (Å²) < 4.78 is 0. The Bertz CT molecular complexity index is 920. The second-order valence-corrected chi connectivity index (χ2v) is 11.2. The number of amidine groups is 1. The third kappa shape index (κ3) is 8.39. The standard InChI is InChI=1S/C30H41N3.C2H7NO/c31-30-27(13-7-8-23-14-16-25(17-15-23)24-9-3-1-4-10-24)20-21-33(30)29(22-32-28-18-19-28)26-11-5-2-6-12-26;1-2-3-4/h1,3-4,9-10,14-17,26-29,31-32H,2,5-8,11-13,18-22H2;3-4H,2H2,1H3. The smallest absolute Gasteiger partial charge is 0.0993 e. The van der Waals surface area contributed by atoms with Gasteiger partial charge in [0.05, 0.1) is 5.84 Å². The molecule has 0 bridgehead atoms. The van der Waals surface area contributed by atoms with Gasteiger partial charge in [-0.3, -0.25) is 5.41 Å². The average Bonchev–Trinajstić information content (AvgIpc) is 3.72. The predicted molar refractivity (Wildman–Crippen MR) is 154 cm³/mol. The summed E-state index contributed by atoms with van der Waals surface area (Å²) >= 11 is 0. The van der Waals surface area contributed by atoms with Crippen LogP contribution < -0.4 is 10.8 Å². The number of benzene rings is 2. The van der Waals surface area contributed by atoms with Gasteiger partial charge in [0.1, 0.15) is 0 Å². The molecule has 2 unspecified atom stereocenters. The average molecular weight is 505 g/mol. The molecule has 2 saturated carbocycles. The van der Waals surface area contributed by atoms with Crippen molar-refractivity contribution in [2.45, 2.75) is 89.6 Å². The molecule has 3 fully saturated rings. The van der Waals surface area contributed by atoms with Crippen molar-refractivity contribution in [2.75, 3.05) is 19.6 Å². The molecule has 0 radical (unpaired) electrons. The quantitative estimate of drug-likeness (QED) is 0.258. The number of rotatable bonds is 11. The molecule has 3 aliphatic rings. The molecular weight excluding hydrogens is 456 g/mol. The van der Waals surface area contributed by atoms with Crippen LogP contribution in [0.15, 0.2) is 54.6 Å². The maximum Gasteiger partial charge on any atom is 0.0993 e. The molecule has 1 heterocycles. The minimum Gasteiger partial charge on any atom is -0.356 e. The molecule has 2 atom stereocenters. The highest BCUT2D eigenvalue weighted by Crippen LogP contribution is 2.34. The lowest BCUT2D eigenvalue weighted by Crippen LogP contribution is -2.49. The molecule has 1 saturated heterocycles. The molecule has 1 aliphatic heterocycles. The Labute approximate surface area is 224 Å². The van der Waals surface area contributed by atoms with Gasteiger partial charge < -0.3 is 15.4 Å². The molecule has 0 amide bonds. The largest absolute Gasteiger partial charge is 0.356 e. The van der Waals surface area contributed by atoms with Gasteiger partial charge in [-0.05, 0) is 74.0 Å². The molecule has 2 aromatic rings. The lowest BCUT2D eigenvalue weighted by atomic mass is 9.83. The number of hydrogen-bond acceptors (Lipinski definition) is 4. The number of hydroxylamine groups is 1. The van der Waals surface area contributed by atoms with Gasteiger partial charge in [0.2, 0.25) is 0 Å². The molecule has 2 aromatic carbocycles. The highest BCUT2D eigenvalue weighted by Gasteiger charge is 2.37. The van der Waals surface area contributed by atoms with E-state index in [0.717, 1.165) is 43.7 Å². The van der Waals surface area contributed by atoms with Crippen molar-refractivity contribution in [3.8, 4) is 11.1 Å². The van der Waals surface area contributed by atoms with Gasteiger partial charge in [0.15, 0.2) is 0 Å². The summed E-state index contributed by atoms with van der Waals surface area (Å²) in [5.74, 6) is 2.19. The lowest BCUT2D eigenvalue weighted by Gasteiger charge is -2.38. The Morgan fingerprint density at radius 2 is 1.59 bits per heavy atom. The monoisotopic (exact) mass is 504 g/mol. The first kappa shape index (κ1) is 27.8. The van der Waals surface area contributed by atoms with Crippen LogP contribution in [0, 0.1) is 17.2 Å². The first-order valence-corrected chi connectivity index (χ1v) is 14.8. The molecule has 5 heteroatoms. The van der Waals surface area contributed by atoms with E-state index in [2.05, 4.69) is 64.8 Å². The van der Waals surface area contributed by atoms with E-state index in [4.69, 9.17) is 10.6 Å². The van der Waals surface area contributed by atoms with Crippen molar-refractivity contribution in [1.82, 2.24) is 15.7 Å². The molecule has 0 spiro atoms. The molecule has 5 nitrogen and oxygen atoms in total. The number of hydrogen-bond donors (Lipinski definition) is 4. The topological polar surface area (TPSA) is 71.4 Å². The maximum atomic E-state index is 9.02. The number of nitrogens with zero attached hydrogens (tertiary/aromatic N) is 1. The van der Waals surface area contributed by atoms with Crippen LogP contribution in [0.25, 0.3) is 11.1 Å². The molecular formula is C32H48N4O. The van der Waals surface area contributed by atoms with Crippen LogP contribution >= 0.6 is 0 Å². The second-order valence-electron chi connectivity index (χ2n) is 11.2. The van der Waals surface area contributed by atoms with E-state index in [-0.39, 0.29) is 0 Å². The van der Waals surface area contributed by atoms with Gasteiger partial charge in [-0.2, -0.15) is 0 Å². The summed E-state index contributed by atoms with van der Waals surface area (Å²) in [5, 5.41) is 20.5. The van der Waals surface area contributed by atoms with Crippen molar-refractivity contribution >= 4 is 5.84 Å². The van der Waals surface area contributed by atoms with Crippen molar-refractivity contribution < 1.29 is 5.21 Å². The Balaban J connectivity index is 0.000000747. The van der Waals surface area contributed by atoms with Gasteiger partial charge in [0, 0.05) is 37.6 Å². The molecule has 202 valence electrons. The zero-order chi connectivity index (χ0) is 25.9. The van der Waals surface area contributed by atoms with Crippen LogP contribution in [0.2, 0.25) is 0 Å². The van der Waals surface area contributed by atoms with Gasteiger partial charge in [-0.25, -0.2) is 5.48 Å². The second kappa shape index (κ2) is 14.7. The zero-order valence-corrected chi connectivity index (χ0v) is 22.8. The summed E-state index contributed by atoms with van der Waals surface area (Å²) in [5.41, 5.74) is 5.93. The normalized spacial score (nSPS) is 21.0. The minimum absolute atomic E-state index is 0.459. The third-order valence-electron chi connectivity index (χ3n) is 8.44. The zero-order valence-electron chi connectivity index (χ0n) is 22.8. The minimum atomic E-state index is 0.459. The SMILES string of the molecule is CCNO.N=C1C(CCCc2ccc(-c3ccccc3)cc2)CCN1C(CNC1CC1)C1CCCCC1. The first-order valence-electron chi connectivity index (χ1n) is 14.8. The Morgan fingerprint density at radius 1 is 0.919 bits per heavy atom. The summed E-state index contributed by atoms with van der Waals surface area (Å²) in [4.78, 5) is 2.52. The maximum absolute atomic E-state index is 9.02. The third-order valence-corrected chi connectivity index (χ3v) is 8.44. The van der Waals surface area contributed by atoms with Crippen molar-refractivity contribution in [3.05, 3.63) is 60.2 Å². The summed E-state index contributed by atoms with van der Waals surface area (Å²) in [7, 11) is 0. The summed E-state index contributed by atoms with van der Waals surface area (Å²) in [6.45, 7) is 4.64. The van der Waals surface area contributed by atoms with E-state index < -0.39 is 0 Å². The van der Waals surface area contributed by atoms with E-state index in [0.29, 0.717) is 18.5 Å². The van der Waals surface area contributed by atoms with Crippen LogP contribution in [0.3, 0.4) is 0 Å². The summed E-state index contributed by atoms with van der Waals surface area (Å²) in [6, 6.07) is 21.0. The van der Waals surface area contributed by atoms with Gasteiger partial charge >= 0.3 is 0 Å². The fourth-order valence-corrected chi connectivity index (χ4v) is 6.08. The fraction of sp³-hybridized carbons (Fsp3) is 0.594. The van der Waals surface area contributed by atoms with Gasteiger partial charge in [-0.1, -0.05) is 80.8 Å². The van der Waals surface area contributed by atoms with Crippen LogP contribution in [-0.4, -0.2) is 47.7 Å². The van der Waals surface area contributed by atoms with Crippen LogP contribution in [0.5, 0.6) is 0 Å². The number of nitrogens with one attached hydrogen (secondary N) is 3. The highest BCUT2D eigenvalue weighted by molar-refractivity contribution is 5.84. The highest BCUT2D eigenvalue weighted by atomic mass is 16.5. The fourth-order valence-electron chi connectivity index (χ4n) is 6.08. The van der Waals surface area contributed by atoms with E-state index >= 15 is 0 Å². The molecule has 4 N–H and O–H groups in total. The van der Waals surface area contributed by atoms with Crippen molar-refractivity contribution in [1.29, 1.82) is 5.41 Å². The Morgan fingerprint density at radius 3 is 2.24 bits per heavy atom. The predicted octanol–water partition coefficient (Wildman–Crippen LogP) is 6.66. The van der Waals surface area contributed by atoms with Crippen LogP contribution in [0.4, 0.5) is 0 Å². The van der Waals surface area contributed by atoms with Crippen LogP contribution in [0.1, 0.15) is 76.7 Å². The molecule has 37 heavy (non-hydrogen) atoms. The van der Waals surface area contributed by atoms with E-state index in [1.165, 1.54) is 74.5 Å². The van der Waals surface area contributed by atoms with Gasteiger partial charge in [-0.15, -0.1) is 0 Å². The van der Waals surface area contributed by atoms with Crippen LogP contribution in [-0.2, 0) is 6.42 Å². The molecule has 0 aromatic heterocycles. The Hall–Kier alpha value is -2.21.